The molecule has 1 aliphatic heterocycles. The first-order valence-corrected chi connectivity index (χ1v) is 7.46. The van der Waals surface area contributed by atoms with E-state index in [2.05, 4.69) is 15.9 Å². The van der Waals surface area contributed by atoms with Gasteiger partial charge in [-0.2, -0.15) is 0 Å². The number of aliphatic hydroxyl groups is 1. The zero-order valence-corrected chi connectivity index (χ0v) is 13.6. The summed E-state index contributed by atoms with van der Waals surface area (Å²) in [7, 11) is 0. The Morgan fingerprint density at radius 1 is 1.55 bits per heavy atom. The number of rotatable bonds is 2. The van der Waals surface area contributed by atoms with Crippen LogP contribution in [0.5, 0.6) is 0 Å². The minimum Gasteiger partial charge on any atom is -0.394 e. The first-order valence-electron chi connectivity index (χ1n) is 6.67. The Morgan fingerprint density at radius 2 is 2.25 bits per heavy atom. The van der Waals surface area contributed by atoms with Gasteiger partial charge in [0.1, 0.15) is 0 Å². The van der Waals surface area contributed by atoms with E-state index < -0.39 is 5.60 Å². The SMILES string of the molecule is Cc1cccc(C(=O)N2CC(CO)OC(C)(C)C2)c1Br. The quantitative estimate of drug-likeness (QED) is 0.898. The van der Waals surface area contributed by atoms with E-state index in [0.29, 0.717) is 18.7 Å². The van der Waals surface area contributed by atoms with Crippen LogP contribution in [-0.2, 0) is 4.74 Å². The monoisotopic (exact) mass is 341 g/mol. The smallest absolute Gasteiger partial charge is 0.255 e. The summed E-state index contributed by atoms with van der Waals surface area (Å²) in [5, 5.41) is 9.32. The van der Waals surface area contributed by atoms with Gasteiger partial charge in [-0.1, -0.05) is 12.1 Å². The minimum absolute atomic E-state index is 0.0320. The van der Waals surface area contributed by atoms with Crippen molar-refractivity contribution in [3.63, 3.8) is 0 Å². The summed E-state index contributed by atoms with van der Waals surface area (Å²) >= 11 is 3.48. The number of nitrogens with zero attached hydrogens (tertiary/aromatic N) is 1. The molecule has 110 valence electrons. The van der Waals surface area contributed by atoms with Gasteiger partial charge in [0, 0.05) is 17.6 Å². The first kappa shape index (κ1) is 15.5. The van der Waals surface area contributed by atoms with Gasteiger partial charge in [-0.15, -0.1) is 0 Å². The maximum Gasteiger partial charge on any atom is 0.255 e. The molecule has 0 bridgehead atoms. The molecule has 1 unspecified atom stereocenters. The molecule has 1 atom stereocenters. The van der Waals surface area contributed by atoms with Crippen LogP contribution < -0.4 is 0 Å². The van der Waals surface area contributed by atoms with E-state index in [-0.39, 0.29) is 18.6 Å². The molecule has 20 heavy (non-hydrogen) atoms. The van der Waals surface area contributed by atoms with Gasteiger partial charge in [0.25, 0.3) is 5.91 Å². The second-order valence-corrected chi connectivity index (χ2v) is 6.60. The number of ether oxygens (including phenoxy) is 1. The maximum absolute atomic E-state index is 12.7. The number of benzene rings is 1. The van der Waals surface area contributed by atoms with Crippen molar-refractivity contribution < 1.29 is 14.6 Å². The van der Waals surface area contributed by atoms with E-state index in [9.17, 15) is 9.90 Å². The third-order valence-corrected chi connectivity index (χ3v) is 4.45. The van der Waals surface area contributed by atoms with Crippen molar-refractivity contribution in [3.8, 4) is 0 Å². The van der Waals surface area contributed by atoms with Gasteiger partial charge in [-0.3, -0.25) is 4.79 Å². The molecule has 1 fully saturated rings. The Bertz CT molecular complexity index is 516. The number of aliphatic hydroxyl groups excluding tert-OH is 1. The molecule has 1 saturated heterocycles. The summed E-state index contributed by atoms with van der Waals surface area (Å²) in [6, 6.07) is 5.65. The molecule has 0 aromatic heterocycles. The van der Waals surface area contributed by atoms with Crippen LogP contribution in [0.15, 0.2) is 22.7 Å². The summed E-state index contributed by atoms with van der Waals surface area (Å²) in [5.41, 5.74) is 1.24. The van der Waals surface area contributed by atoms with Gasteiger partial charge in [-0.05, 0) is 48.3 Å². The third-order valence-electron chi connectivity index (χ3n) is 3.39. The van der Waals surface area contributed by atoms with Crippen LogP contribution in [0.4, 0.5) is 0 Å². The molecule has 1 aromatic rings. The van der Waals surface area contributed by atoms with E-state index in [1.54, 1.807) is 4.90 Å². The third kappa shape index (κ3) is 3.22. The lowest BCUT2D eigenvalue weighted by atomic mass is 10.0. The molecular formula is C15H20BrNO3. The van der Waals surface area contributed by atoms with Crippen LogP contribution in [0.25, 0.3) is 0 Å². The predicted octanol–water partition coefficient (Wildman–Crippen LogP) is 2.37. The average molecular weight is 342 g/mol. The van der Waals surface area contributed by atoms with E-state index in [1.165, 1.54) is 0 Å². The van der Waals surface area contributed by atoms with Crippen molar-refractivity contribution in [3.05, 3.63) is 33.8 Å². The number of morpholine rings is 1. The van der Waals surface area contributed by atoms with Crippen molar-refractivity contribution in [2.75, 3.05) is 19.7 Å². The van der Waals surface area contributed by atoms with Gasteiger partial charge in [-0.25, -0.2) is 0 Å². The highest BCUT2D eigenvalue weighted by Gasteiger charge is 2.36. The minimum atomic E-state index is -0.447. The lowest BCUT2D eigenvalue weighted by Gasteiger charge is -2.42. The van der Waals surface area contributed by atoms with Gasteiger partial charge in [0.2, 0.25) is 0 Å². The van der Waals surface area contributed by atoms with Crippen molar-refractivity contribution in [1.82, 2.24) is 4.90 Å². The van der Waals surface area contributed by atoms with Crippen molar-refractivity contribution in [1.29, 1.82) is 0 Å². The Hall–Kier alpha value is -0.910. The van der Waals surface area contributed by atoms with Crippen molar-refractivity contribution >= 4 is 21.8 Å². The summed E-state index contributed by atoms with van der Waals surface area (Å²) in [5.74, 6) is -0.0320. The fourth-order valence-electron chi connectivity index (χ4n) is 2.53. The summed E-state index contributed by atoms with van der Waals surface area (Å²) < 4.78 is 6.57. The van der Waals surface area contributed by atoms with Crippen LogP contribution in [0.3, 0.4) is 0 Å². The standard InChI is InChI=1S/C15H20BrNO3/c1-10-5-4-6-12(13(10)16)14(19)17-7-11(8-18)20-15(2,3)9-17/h4-6,11,18H,7-9H2,1-3H3. The lowest BCUT2D eigenvalue weighted by Crippen LogP contribution is -2.55. The van der Waals surface area contributed by atoms with Crippen LogP contribution in [0.2, 0.25) is 0 Å². The molecule has 4 nitrogen and oxygen atoms in total. The van der Waals surface area contributed by atoms with Gasteiger partial charge >= 0.3 is 0 Å². The molecule has 1 aliphatic rings. The number of halogens is 1. The highest BCUT2D eigenvalue weighted by atomic mass is 79.9. The van der Waals surface area contributed by atoms with Gasteiger partial charge in [0.05, 0.1) is 23.9 Å². The molecule has 1 amide bonds. The van der Waals surface area contributed by atoms with Crippen LogP contribution in [0, 0.1) is 6.92 Å². The molecule has 0 saturated carbocycles. The fraction of sp³-hybridized carbons (Fsp3) is 0.533. The maximum atomic E-state index is 12.7. The van der Waals surface area contributed by atoms with E-state index >= 15 is 0 Å². The molecule has 0 spiro atoms. The molecule has 0 aliphatic carbocycles. The number of carbonyl (C=O) groups is 1. The number of hydrogen-bond acceptors (Lipinski definition) is 3. The number of aryl methyl sites for hydroxylation is 1. The normalized spacial score (nSPS) is 21.9. The molecule has 1 N–H and O–H groups in total. The second kappa shape index (κ2) is 5.84. The van der Waals surface area contributed by atoms with Crippen molar-refractivity contribution in [2.45, 2.75) is 32.5 Å². The summed E-state index contributed by atoms with van der Waals surface area (Å²) in [6.07, 6.45) is -0.328. The number of hydrogen-bond donors (Lipinski definition) is 1. The zero-order valence-electron chi connectivity index (χ0n) is 12.0. The Kier molecular flexibility index (Phi) is 4.52. The van der Waals surface area contributed by atoms with Gasteiger partial charge in [0.15, 0.2) is 0 Å². The van der Waals surface area contributed by atoms with E-state index in [0.717, 1.165) is 10.0 Å². The Labute approximate surface area is 127 Å². The zero-order chi connectivity index (χ0) is 14.9. The molecule has 1 heterocycles. The van der Waals surface area contributed by atoms with Gasteiger partial charge < -0.3 is 14.7 Å². The highest BCUT2D eigenvalue weighted by molar-refractivity contribution is 9.10. The molecule has 5 heteroatoms. The summed E-state index contributed by atoms with van der Waals surface area (Å²) in [4.78, 5) is 14.4. The first-order chi connectivity index (χ1) is 9.34. The molecule has 2 rings (SSSR count). The van der Waals surface area contributed by atoms with Crippen LogP contribution in [-0.4, -0.2) is 47.3 Å². The number of carbonyl (C=O) groups excluding carboxylic acids is 1. The lowest BCUT2D eigenvalue weighted by molar-refractivity contribution is -0.139. The largest absolute Gasteiger partial charge is 0.394 e. The van der Waals surface area contributed by atoms with Crippen LogP contribution >= 0.6 is 15.9 Å². The average Bonchev–Trinajstić information content (AvgIpc) is 2.39. The fourth-order valence-corrected chi connectivity index (χ4v) is 2.96. The topological polar surface area (TPSA) is 49.8 Å². The van der Waals surface area contributed by atoms with Crippen LogP contribution in [0.1, 0.15) is 29.8 Å². The molecular weight excluding hydrogens is 322 g/mol. The van der Waals surface area contributed by atoms with E-state index in [4.69, 9.17) is 4.74 Å². The Morgan fingerprint density at radius 3 is 2.90 bits per heavy atom. The van der Waals surface area contributed by atoms with E-state index in [1.807, 2.05) is 39.0 Å². The van der Waals surface area contributed by atoms with Crippen molar-refractivity contribution in [2.24, 2.45) is 0 Å². The number of amides is 1. The molecule has 0 radical (unpaired) electrons. The summed E-state index contributed by atoms with van der Waals surface area (Å²) in [6.45, 7) is 6.67. The Balaban J connectivity index is 2.26. The highest BCUT2D eigenvalue weighted by Crippen LogP contribution is 2.26. The predicted molar refractivity (Wildman–Crippen MR) is 80.8 cm³/mol. The second-order valence-electron chi connectivity index (χ2n) is 5.80. The molecule has 1 aromatic carbocycles.